The molecule has 0 fully saturated rings. The molecular weight excluding hydrogens is 769 g/mol. The van der Waals surface area contributed by atoms with Gasteiger partial charge in [0.05, 0.1) is 28.3 Å². The highest BCUT2D eigenvalue weighted by Gasteiger charge is 2.27. The van der Waals surface area contributed by atoms with Gasteiger partial charge in [0.1, 0.15) is 0 Å². The van der Waals surface area contributed by atoms with E-state index in [9.17, 15) is 4.79 Å². The summed E-state index contributed by atoms with van der Waals surface area (Å²) in [6, 6.07) is 41.3. The van der Waals surface area contributed by atoms with Crippen LogP contribution in [0, 0.1) is 0 Å². The minimum absolute atomic E-state index is 0.00747. The molecule has 3 aromatic heterocycles. The Kier molecular flexibility index (Phi) is 9.34. The number of aromatic nitrogens is 4. The first-order valence-electron chi connectivity index (χ1n) is 22.2. The molecule has 3 aliphatic rings. The summed E-state index contributed by atoms with van der Waals surface area (Å²) in [5.74, 6) is 0.0670. The van der Waals surface area contributed by atoms with Crippen LogP contribution in [-0.2, 0) is 22.7 Å². The Morgan fingerprint density at radius 2 is 0.825 bits per heavy atom. The lowest BCUT2D eigenvalue weighted by Gasteiger charge is -2.19. The Balaban J connectivity index is 1.37. The van der Waals surface area contributed by atoms with E-state index < -0.39 is 0 Å². The van der Waals surface area contributed by atoms with Crippen molar-refractivity contribution in [1.29, 1.82) is 0 Å². The number of aromatic amines is 2. The fourth-order valence-electron chi connectivity index (χ4n) is 9.30. The number of hydrogen-bond donors (Lipinski definition) is 2. The van der Waals surface area contributed by atoms with Gasteiger partial charge in [-0.25, -0.2) is 9.97 Å². The normalized spacial score (nSPS) is 13.6. The van der Waals surface area contributed by atoms with Crippen LogP contribution >= 0.6 is 0 Å². The Bertz CT molecular complexity index is 3220. The molecule has 1 aliphatic carbocycles. The van der Waals surface area contributed by atoms with Crippen molar-refractivity contribution >= 4 is 52.2 Å². The summed E-state index contributed by atoms with van der Waals surface area (Å²) in [5.41, 5.74) is 20.3. The highest BCUT2D eigenvalue weighted by molar-refractivity contribution is 6.13. The van der Waals surface area contributed by atoms with Gasteiger partial charge in [0, 0.05) is 50.8 Å². The molecule has 5 heterocycles. The van der Waals surface area contributed by atoms with Gasteiger partial charge < -0.3 is 9.97 Å². The molecule has 10 rings (SSSR count). The number of rotatable bonds is 3. The van der Waals surface area contributed by atoms with Crippen LogP contribution in [0.15, 0.2) is 115 Å². The molecular formula is C58H54N4O. The van der Waals surface area contributed by atoms with Crippen LogP contribution in [0.4, 0.5) is 0 Å². The predicted octanol–water partition coefficient (Wildman–Crippen LogP) is 15.0. The lowest BCUT2D eigenvalue weighted by atomic mass is 9.86. The van der Waals surface area contributed by atoms with Gasteiger partial charge in [0.2, 0.25) is 0 Å². The van der Waals surface area contributed by atoms with Crippen LogP contribution in [-0.4, -0.2) is 25.7 Å². The summed E-state index contributed by atoms with van der Waals surface area (Å²) in [5, 5.41) is 0. The van der Waals surface area contributed by atoms with Crippen molar-refractivity contribution in [3.8, 4) is 44.5 Å². The highest BCUT2D eigenvalue weighted by Crippen LogP contribution is 2.42. The van der Waals surface area contributed by atoms with E-state index in [-0.39, 0.29) is 22.0 Å². The monoisotopic (exact) mass is 822 g/mol. The largest absolute Gasteiger partial charge is 0.354 e. The van der Waals surface area contributed by atoms with Crippen molar-refractivity contribution in [2.24, 2.45) is 0 Å². The van der Waals surface area contributed by atoms with Crippen molar-refractivity contribution in [3.05, 3.63) is 166 Å². The van der Waals surface area contributed by atoms with E-state index in [1.165, 1.54) is 16.7 Å². The summed E-state index contributed by atoms with van der Waals surface area (Å²) >= 11 is 0. The number of Topliss-reactive ketones (excluding diaryl/α,β-unsaturated/α-hetero) is 1. The maximum atomic E-state index is 14.5. The smallest absolute Gasteiger partial charge is 0.169 e. The van der Waals surface area contributed by atoms with Gasteiger partial charge in [-0.1, -0.05) is 159 Å². The van der Waals surface area contributed by atoms with E-state index >= 15 is 0 Å². The molecule has 0 atom stereocenters. The molecule has 312 valence electrons. The van der Waals surface area contributed by atoms with Crippen molar-refractivity contribution in [2.45, 2.75) is 85.0 Å². The van der Waals surface area contributed by atoms with Gasteiger partial charge in [-0.15, -0.1) is 0 Å². The van der Waals surface area contributed by atoms with Gasteiger partial charge >= 0.3 is 0 Å². The highest BCUT2D eigenvalue weighted by atomic mass is 16.1. The number of nitrogens with zero attached hydrogens (tertiary/aromatic N) is 2. The molecule has 2 N–H and O–H groups in total. The van der Waals surface area contributed by atoms with Crippen LogP contribution in [0.5, 0.6) is 0 Å². The number of ketones is 1. The number of hydrogen-bond acceptors (Lipinski definition) is 3. The quantitative estimate of drug-likeness (QED) is 0.186. The average Bonchev–Trinajstić information content (AvgIpc) is 4.08. The fraction of sp³-hybridized carbons (Fsp3) is 0.224. The van der Waals surface area contributed by atoms with E-state index in [2.05, 4.69) is 200 Å². The second kappa shape index (κ2) is 14.6. The number of carbonyl (C=O) groups excluding carboxylic acids is 1. The van der Waals surface area contributed by atoms with Crippen molar-refractivity contribution in [3.63, 3.8) is 0 Å². The van der Waals surface area contributed by atoms with E-state index in [4.69, 9.17) is 9.97 Å². The standard InChI is InChI=1S/C58H54N4O/c1-56(2,3)38-20-14-34(15-21-38)51-43-26-27-44(59-43)52(35-16-22-39(23-17-35)57(4,5)6)46-30-31-48(61-46)54-41-13-11-10-12-37(41)32-50(63)42-33-49(62-55(42)54)53(47-29-28-45(51)60-47)36-18-24-40(25-19-36)58(7,8)9/h10-31,33,59,62H,32H2,1-9H3. The van der Waals surface area contributed by atoms with Crippen molar-refractivity contribution < 1.29 is 4.79 Å². The molecule has 0 radical (unpaired) electrons. The zero-order valence-corrected chi connectivity index (χ0v) is 37.8. The number of H-pyrrole nitrogens is 2. The Labute approximate surface area is 370 Å². The zero-order chi connectivity index (χ0) is 44.0. The SMILES string of the molecule is CC(C)(C)c1ccc(-c2c3nc(c(-c4ccc(C(C)(C)C)cc4)c4cc5c([nH]4)c(c4nc(c(-c6ccc(C(C)(C)C)cc6)c6ccc2[nH]6)C=C4)-c2ccccc2CC5=O)C=C3)cc1. The Hall–Kier alpha value is -6.85. The van der Waals surface area contributed by atoms with E-state index in [0.29, 0.717) is 12.0 Å². The topological polar surface area (TPSA) is 74.4 Å². The second-order valence-corrected chi connectivity index (χ2v) is 20.4. The molecule has 0 saturated carbocycles. The Morgan fingerprint density at radius 1 is 0.429 bits per heavy atom. The third kappa shape index (κ3) is 7.20. The first-order chi connectivity index (χ1) is 30.0. The van der Waals surface area contributed by atoms with Gasteiger partial charge in [0.15, 0.2) is 5.78 Å². The van der Waals surface area contributed by atoms with Crippen LogP contribution in [0.25, 0.3) is 90.9 Å². The maximum Gasteiger partial charge on any atom is 0.169 e. The molecule has 2 aliphatic heterocycles. The number of benzene rings is 4. The summed E-state index contributed by atoms with van der Waals surface area (Å²) in [4.78, 5) is 33.3. The van der Waals surface area contributed by atoms with Crippen LogP contribution in [0.2, 0.25) is 0 Å². The van der Waals surface area contributed by atoms with E-state index in [1.54, 1.807) is 0 Å². The molecule has 4 aromatic carbocycles. The van der Waals surface area contributed by atoms with Gasteiger partial charge in [-0.3, -0.25) is 4.79 Å². The lowest BCUT2D eigenvalue weighted by Crippen LogP contribution is -2.10. The summed E-state index contributed by atoms with van der Waals surface area (Å²) in [6.07, 6.45) is 8.79. The molecule has 5 nitrogen and oxygen atoms in total. The Morgan fingerprint density at radius 3 is 1.25 bits per heavy atom. The minimum atomic E-state index is -0.0112. The summed E-state index contributed by atoms with van der Waals surface area (Å²) in [6.45, 7) is 20.2. The number of fused-ring (bicyclic) bond motifs is 10. The number of carbonyl (C=O) groups is 1. The molecule has 5 heteroatoms. The predicted molar refractivity (Wildman–Crippen MR) is 265 cm³/mol. The molecule has 0 spiro atoms. The summed E-state index contributed by atoms with van der Waals surface area (Å²) in [7, 11) is 0. The van der Waals surface area contributed by atoms with Crippen LogP contribution < -0.4 is 0 Å². The maximum absolute atomic E-state index is 14.5. The van der Waals surface area contributed by atoms with E-state index in [1.807, 2.05) is 12.1 Å². The number of nitrogens with one attached hydrogen (secondary N) is 2. The molecule has 63 heavy (non-hydrogen) atoms. The average molecular weight is 823 g/mol. The molecule has 7 aromatic rings. The minimum Gasteiger partial charge on any atom is -0.354 e. The second-order valence-electron chi connectivity index (χ2n) is 20.4. The lowest BCUT2D eigenvalue weighted by molar-refractivity contribution is 0.0995. The van der Waals surface area contributed by atoms with Crippen LogP contribution in [0.3, 0.4) is 0 Å². The summed E-state index contributed by atoms with van der Waals surface area (Å²) < 4.78 is 0. The first kappa shape index (κ1) is 40.2. The molecule has 0 saturated heterocycles. The van der Waals surface area contributed by atoms with E-state index in [0.717, 1.165) is 94.9 Å². The zero-order valence-electron chi connectivity index (χ0n) is 37.8. The first-order valence-corrected chi connectivity index (χ1v) is 22.2. The molecule has 8 bridgehead atoms. The third-order valence-corrected chi connectivity index (χ3v) is 12.9. The van der Waals surface area contributed by atoms with Gasteiger partial charge in [0.25, 0.3) is 0 Å². The van der Waals surface area contributed by atoms with Crippen LogP contribution in [0.1, 0.15) is 118 Å². The van der Waals surface area contributed by atoms with Gasteiger partial charge in [-0.2, -0.15) is 0 Å². The fourth-order valence-corrected chi connectivity index (χ4v) is 9.30. The van der Waals surface area contributed by atoms with Gasteiger partial charge in [-0.05, 0) is 103 Å². The van der Waals surface area contributed by atoms with Crippen molar-refractivity contribution in [1.82, 2.24) is 19.9 Å². The van der Waals surface area contributed by atoms with Crippen molar-refractivity contribution in [2.75, 3.05) is 0 Å². The third-order valence-electron chi connectivity index (χ3n) is 12.9. The molecule has 0 unspecified atom stereocenters. The molecule has 0 amide bonds.